The number of hydrogen-bond acceptors (Lipinski definition) is 5. The Bertz CT molecular complexity index is 1080. The molecule has 1 aromatic heterocycles. The molecule has 0 unspecified atom stereocenters. The van der Waals surface area contributed by atoms with Crippen molar-refractivity contribution in [1.82, 2.24) is 9.55 Å². The van der Waals surface area contributed by atoms with Crippen molar-refractivity contribution in [3.63, 3.8) is 0 Å². The van der Waals surface area contributed by atoms with Crippen molar-refractivity contribution >= 4 is 40.0 Å². The molecule has 30 heavy (non-hydrogen) atoms. The standard InChI is InChI=1S/C23H26ClN3O2S/c1-2-3-9-27-22(28)20-15-19(26-10-12-29-13-11-26)7-8-21(20)25-23(27)30-16-17-5-4-6-18(24)14-17/h4-8,14-15H,2-3,9-13,16H2,1H3. The van der Waals surface area contributed by atoms with Crippen molar-refractivity contribution < 1.29 is 4.74 Å². The van der Waals surface area contributed by atoms with Gasteiger partial charge in [0.25, 0.3) is 5.56 Å². The molecule has 1 saturated heterocycles. The Kier molecular flexibility index (Phi) is 6.97. The number of rotatable bonds is 7. The van der Waals surface area contributed by atoms with Gasteiger partial charge in [-0.15, -0.1) is 0 Å². The van der Waals surface area contributed by atoms with Gasteiger partial charge in [-0.25, -0.2) is 4.98 Å². The van der Waals surface area contributed by atoms with Crippen LogP contribution in [0, 0.1) is 0 Å². The molecule has 0 atom stereocenters. The number of hydrogen-bond donors (Lipinski definition) is 0. The van der Waals surface area contributed by atoms with Crippen LogP contribution < -0.4 is 10.5 Å². The average molecular weight is 444 g/mol. The van der Waals surface area contributed by atoms with Crippen molar-refractivity contribution in [3.8, 4) is 0 Å². The van der Waals surface area contributed by atoms with Gasteiger partial charge in [0, 0.05) is 36.1 Å². The molecule has 5 nitrogen and oxygen atoms in total. The van der Waals surface area contributed by atoms with Gasteiger partial charge in [-0.2, -0.15) is 0 Å². The van der Waals surface area contributed by atoms with Crippen LogP contribution in [0.4, 0.5) is 5.69 Å². The second-order valence-corrected chi connectivity index (χ2v) is 8.80. The number of benzene rings is 2. The number of morpholine rings is 1. The summed E-state index contributed by atoms with van der Waals surface area (Å²) in [4.78, 5) is 20.5. The predicted octanol–water partition coefficient (Wildman–Crippen LogP) is 4.98. The number of unbranched alkanes of at least 4 members (excludes halogenated alkanes) is 1. The molecule has 158 valence electrons. The molecule has 1 aliphatic rings. The van der Waals surface area contributed by atoms with E-state index >= 15 is 0 Å². The van der Waals surface area contributed by atoms with E-state index in [0.717, 1.165) is 71.8 Å². The number of ether oxygens (including phenoxy) is 1. The normalized spacial score (nSPS) is 14.4. The molecule has 0 spiro atoms. The van der Waals surface area contributed by atoms with Crippen LogP contribution in [0.5, 0.6) is 0 Å². The highest BCUT2D eigenvalue weighted by Crippen LogP contribution is 2.26. The molecule has 0 radical (unpaired) electrons. The maximum absolute atomic E-state index is 13.4. The van der Waals surface area contributed by atoms with Crippen molar-refractivity contribution in [3.05, 3.63) is 63.4 Å². The fourth-order valence-electron chi connectivity index (χ4n) is 3.60. The Morgan fingerprint density at radius 3 is 2.77 bits per heavy atom. The first-order chi connectivity index (χ1) is 14.7. The van der Waals surface area contributed by atoms with Crippen LogP contribution >= 0.6 is 23.4 Å². The number of anilines is 1. The number of fused-ring (bicyclic) bond motifs is 1. The fourth-order valence-corrected chi connectivity index (χ4v) is 4.79. The zero-order valence-corrected chi connectivity index (χ0v) is 18.7. The summed E-state index contributed by atoms with van der Waals surface area (Å²) < 4.78 is 7.29. The third-order valence-corrected chi connectivity index (χ3v) is 6.55. The van der Waals surface area contributed by atoms with Gasteiger partial charge in [0.2, 0.25) is 0 Å². The van der Waals surface area contributed by atoms with Crippen molar-refractivity contribution in [1.29, 1.82) is 0 Å². The Hall–Kier alpha value is -2.02. The number of thioether (sulfide) groups is 1. The molecule has 2 aromatic carbocycles. The fraction of sp³-hybridized carbons (Fsp3) is 0.391. The summed E-state index contributed by atoms with van der Waals surface area (Å²) in [5.41, 5.74) is 2.97. The lowest BCUT2D eigenvalue weighted by Gasteiger charge is -2.29. The summed E-state index contributed by atoms with van der Waals surface area (Å²) in [6.45, 7) is 5.94. The van der Waals surface area contributed by atoms with Crippen molar-refractivity contribution in [2.45, 2.75) is 37.2 Å². The molecular formula is C23H26ClN3O2S. The third kappa shape index (κ3) is 4.82. The number of halogens is 1. The monoisotopic (exact) mass is 443 g/mol. The molecule has 2 heterocycles. The van der Waals surface area contributed by atoms with E-state index in [1.165, 1.54) is 0 Å². The molecule has 1 aliphatic heterocycles. The van der Waals surface area contributed by atoms with Gasteiger partial charge in [-0.3, -0.25) is 9.36 Å². The Labute approximate surface area is 186 Å². The lowest BCUT2D eigenvalue weighted by molar-refractivity contribution is 0.122. The van der Waals surface area contributed by atoms with Crippen LogP contribution in [-0.2, 0) is 17.0 Å². The third-order valence-electron chi connectivity index (χ3n) is 5.27. The van der Waals surface area contributed by atoms with Gasteiger partial charge in [0.05, 0.1) is 24.1 Å². The van der Waals surface area contributed by atoms with Gasteiger partial charge in [0.1, 0.15) is 0 Å². The lowest BCUT2D eigenvalue weighted by Crippen LogP contribution is -2.36. The minimum atomic E-state index is 0.0390. The van der Waals surface area contributed by atoms with E-state index in [9.17, 15) is 4.79 Å². The summed E-state index contributed by atoms with van der Waals surface area (Å²) in [6, 6.07) is 13.8. The smallest absolute Gasteiger partial charge is 0.262 e. The SMILES string of the molecule is CCCCn1c(SCc2cccc(Cl)c2)nc2ccc(N3CCOCC3)cc2c1=O. The highest BCUT2D eigenvalue weighted by Gasteiger charge is 2.16. The largest absolute Gasteiger partial charge is 0.378 e. The maximum Gasteiger partial charge on any atom is 0.262 e. The van der Waals surface area contributed by atoms with Crippen LogP contribution in [0.15, 0.2) is 52.4 Å². The highest BCUT2D eigenvalue weighted by molar-refractivity contribution is 7.98. The highest BCUT2D eigenvalue weighted by atomic mass is 35.5. The van der Waals surface area contributed by atoms with Gasteiger partial charge in [0.15, 0.2) is 5.16 Å². The first-order valence-corrected chi connectivity index (χ1v) is 11.8. The first-order valence-electron chi connectivity index (χ1n) is 10.4. The van der Waals surface area contributed by atoms with Gasteiger partial charge >= 0.3 is 0 Å². The molecule has 0 amide bonds. The van der Waals surface area contributed by atoms with Gasteiger partial charge in [-0.1, -0.05) is 48.8 Å². The van der Waals surface area contributed by atoms with Crippen LogP contribution in [0.1, 0.15) is 25.3 Å². The minimum Gasteiger partial charge on any atom is -0.378 e. The van der Waals surface area contributed by atoms with E-state index < -0.39 is 0 Å². The summed E-state index contributed by atoms with van der Waals surface area (Å²) in [5.74, 6) is 0.719. The topological polar surface area (TPSA) is 47.4 Å². The van der Waals surface area contributed by atoms with Crippen molar-refractivity contribution in [2.24, 2.45) is 0 Å². The van der Waals surface area contributed by atoms with E-state index in [0.29, 0.717) is 11.9 Å². The van der Waals surface area contributed by atoms with Crippen LogP contribution in [-0.4, -0.2) is 35.9 Å². The molecule has 3 aromatic rings. The quantitative estimate of drug-likeness (QED) is 0.380. The Morgan fingerprint density at radius 1 is 1.17 bits per heavy atom. The summed E-state index contributed by atoms with van der Waals surface area (Å²) >= 11 is 7.70. The molecule has 4 rings (SSSR count). The van der Waals surface area contributed by atoms with Crippen LogP contribution in [0.3, 0.4) is 0 Å². The van der Waals surface area contributed by atoms with E-state index in [1.807, 2.05) is 41.0 Å². The Balaban J connectivity index is 1.68. The lowest BCUT2D eigenvalue weighted by atomic mass is 10.2. The number of nitrogens with zero attached hydrogens (tertiary/aromatic N) is 3. The molecule has 0 N–H and O–H groups in total. The van der Waals surface area contributed by atoms with Crippen LogP contribution in [0.25, 0.3) is 10.9 Å². The summed E-state index contributed by atoms with van der Waals surface area (Å²) in [5, 5.41) is 2.17. The van der Waals surface area contributed by atoms with E-state index in [2.05, 4.69) is 17.9 Å². The predicted molar refractivity (Wildman–Crippen MR) is 125 cm³/mol. The first kappa shape index (κ1) is 21.2. The van der Waals surface area contributed by atoms with E-state index in [-0.39, 0.29) is 5.56 Å². The summed E-state index contributed by atoms with van der Waals surface area (Å²) in [7, 11) is 0. The number of aromatic nitrogens is 2. The second-order valence-electron chi connectivity index (χ2n) is 7.42. The van der Waals surface area contributed by atoms with Crippen LogP contribution in [0.2, 0.25) is 5.02 Å². The molecule has 0 aliphatic carbocycles. The van der Waals surface area contributed by atoms with Gasteiger partial charge in [-0.05, 0) is 42.3 Å². The minimum absolute atomic E-state index is 0.0390. The van der Waals surface area contributed by atoms with Gasteiger partial charge < -0.3 is 9.64 Å². The van der Waals surface area contributed by atoms with E-state index in [1.54, 1.807) is 11.8 Å². The average Bonchev–Trinajstić information content (AvgIpc) is 2.78. The summed E-state index contributed by atoms with van der Waals surface area (Å²) in [6.07, 6.45) is 1.97. The molecule has 0 saturated carbocycles. The second kappa shape index (κ2) is 9.86. The van der Waals surface area contributed by atoms with Crippen molar-refractivity contribution in [2.75, 3.05) is 31.2 Å². The zero-order valence-electron chi connectivity index (χ0n) is 17.1. The molecular weight excluding hydrogens is 418 g/mol. The molecule has 1 fully saturated rings. The Morgan fingerprint density at radius 2 is 2.00 bits per heavy atom. The van der Waals surface area contributed by atoms with E-state index in [4.69, 9.17) is 21.3 Å². The zero-order chi connectivity index (χ0) is 20.9. The maximum atomic E-state index is 13.4. The molecule has 7 heteroatoms. The molecule has 0 bridgehead atoms.